The van der Waals surface area contributed by atoms with Crippen LogP contribution in [0.4, 0.5) is 0 Å². The lowest BCUT2D eigenvalue weighted by molar-refractivity contribution is -0.206. The lowest BCUT2D eigenvalue weighted by atomic mass is 10.0. The Morgan fingerprint density at radius 2 is 1.95 bits per heavy atom. The molecule has 0 aliphatic carbocycles. The highest BCUT2D eigenvalue weighted by atomic mass is 16.7. The number of hydrogen-bond donors (Lipinski definition) is 1. The molecule has 4 heteroatoms. The van der Waals surface area contributed by atoms with Gasteiger partial charge in [-0.2, -0.15) is 0 Å². The van der Waals surface area contributed by atoms with Crippen molar-refractivity contribution in [2.24, 2.45) is 0 Å². The van der Waals surface area contributed by atoms with Crippen molar-refractivity contribution in [3.63, 3.8) is 0 Å². The van der Waals surface area contributed by atoms with E-state index >= 15 is 0 Å². The van der Waals surface area contributed by atoms with E-state index in [9.17, 15) is 9.90 Å². The second-order valence-corrected chi connectivity index (χ2v) is 5.11. The van der Waals surface area contributed by atoms with Gasteiger partial charge in [-0.3, -0.25) is 0 Å². The van der Waals surface area contributed by atoms with Crippen molar-refractivity contribution in [1.82, 2.24) is 0 Å². The fourth-order valence-electron chi connectivity index (χ4n) is 2.13. The predicted molar refractivity (Wildman–Crippen MR) is 70.1 cm³/mol. The van der Waals surface area contributed by atoms with Gasteiger partial charge in [0.2, 0.25) is 5.79 Å². The summed E-state index contributed by atoms with van der Waals surface area (Å²) in [5, 5.41) is 10.2. The number of aliphatic hydroxyl groups excluding tert-OH is 1. The molecule has 1 aromatic rings. The van der Waals surface area contributed by atoms with E-state index in [0.29, 0.717) is 5.76 Å². The summed E-state index contributed by atoms with van der Waals surface area (Å²) in [4.78, 5) is 11.4. The van der Waals surface area contributed by atoms with Crippen LogP contribution in [0.15, 0.2) is 36.1 Å². The summed E-state index contributed by atoms with van der Waals surface area (Å²) in [5.74, 6) is -0.979. The largest absolute Gasteiger partial charge is 0.457 e. The number of carbonyl (C=O) groups is 1. The molecule has 4 nitrogen and oxygen atoms in total. The number of ether oxygens (including phenoxy) is 2. The molecule has 0 saturated heterocycles. The molecule has 1 atom stereocenters. The third-order valence-electron chi connectivity index (χ3n) is 2.94. The van der Waals surface area contributed by atoms with E-state index in [4.69, 9.17) is 9.47 Å². The predicted octanol–water partition coefficient (Wildman–Crippen LogP) is 2.61. The number of aryl methyl sites for hydroxylation is 1. The van der Waals surface area contributed by atoms with Crippen LogP contribution in [0.5, 0.6) is 0 Å². The molecule has 1 heterocycles. The van der Waals surface area contributed by atoms with Gasteiger partial charge >= 0.3 is 5.97 Å². The summed E-state index contributed by atoms with van der Waals surface area (Å²) in [6, 6.07) is 7.60. The van der Waals surface area contributed by atoms with Crippen LogP contribution in [0.25, 0.3) is 0 Å². The Hall–Kier alpha value is -1.81. The molecule has 0 bridgehead atoms. The number of rotatable bonds is 3. The highest BCUT2D eigenvalue weighted by Crippen LogP contribution is 2.29. The standard InChI is InChI=1S/C15H18O4/c1-10-6-4-5-7-12(10)13(16)8-11-9-14(17)19-15(2,3)18-11/h4-7,9,13,16H,8H2,1-3H3. The second kappa shape index (κ2) is 5.05. The summed E-state index contributed by atoms with van der Waals surface area (Å²) in [6.07, 6.45) is 0.838. The molecule has 0 radical (unpaired) electrons. The molecule has 19 heavy (non-hydrogen) atoms. The molecule has 1 aliphatic rings. The van der Waals surface area contributed by atoms with Crippen LogP contribution < -0.4 is 0 Å². The van der Waals surface area contributed by atoms with Crippen LogP contribution in [0.3, 0.4) is 0 Å². The summed E-state index contributed by atoms with van der Waals surface area (Å²) in [7, 11) is 0. The maximum absolute atomic E-state index is 11.4. The van der Waals surface area contributed by atoms with Gasteiger partial charge in [-0.15, -0.1) is 0 Å². The molecular formula is C15H18O4. The van der Waals surface area contributed by atoms with Crippen LogP contribution in [0.1, 0.15) is 37.5 Å². The van der Waals surface area contributed by atoms with E-state index in [2.05, 4.69) is 0 Å². The Morgan fingerprint density at radius 3 is 2.58 bits per heavy atom. The van der Waals surface area contributed by atoms with E-state index < -0.39 is 17.9 Å². The van der Waals surface area contributed by atoms with Gasteiger partial charge in [-0.1, -0.05) is 24.3 Å². The Labute approximate surface area is 112 Å². The van der Waals surface area contributed by atoms with E-state index in [1.807, 2.05) is 31.2 Å². The highest BCUT2D eigenvalue weighted by Gasteiger charge is 2.31. The number of carbonyl (C=O) groups excluding carboxylic acids is 1. The van der Waals surface area contributed by atoms with Crippen LogP contribution >= 0.6 is 0 Å². The Morgan fingerprint density at radius 1 is 1.26 bits per heavy atom. The number of cyclic esters (lactones) is 1. The van der Waals surface area contributed by atoms with Gasteiger partial charge in [0.05, 0.1) is 12.2 Å². The first-order chi connectivity index (χ1) is 8.87. The molecule has 2 rings (SSSR count). The molecule has 0 fully saturated rings. The third kappa shape index (κ3) is 3.35. The molecule has 0 amide bonds. The van der Waals surface area contributed by atoms with Crippen LogP contribution in [-0.4, -0.2) is 16.9 Å². The van der Waals surface area contributed by atoms with Crippen LogP contribution in [0.2, 0.25) is 0 Å². The van der Waals surface area contributed by atoms with Gasteiger partial charge in [0.1, 0.15) is 5.76 Å². The lowest BCUT2D eigenvalue weighted by Gasteiger charge is -2.31. The molecule has 1 unspecified atom stereocenters. The molecule has 1 aliphatic heterocycles. The molecule has 0 aromatic heterocycles. The van der Waals surface area contributed by atoms with Crippen molar-refractivity contribution in [3.8, 4) is 0 Å². The zero-order valence-electron chi connectivity index (χ0n) is 11.3. The van der Waals surface area contributed by atoms with Crippen molar-refractivity contribution in [2.45, 2.75) is 39.1 Å². The number of benzene rings is 1. The average molecular weight is 262 g/mol. The van der Waals surface area contributed by atoms with E-state index in [-0.39, 0.29) is 6.42 Å². The summed E-state index contributed by atoms with van der Waals surface area (Å²) >= 11 is 0. The Bertz CT molecular complexity index is 517. The average Bonchev–Trinajstić information content (AvgIpc) is 2.26. The zero-order valence-corrected chi connectivity index (χ0v) is 11.3. The van der Waals surface area contributed by atoms with Gasteiger partial charge in [-0.05, 0) is 18.1 Å². The fraction of sp³-hybridized carbons (Fsp3) is 0.400. The van der Waals surface area contributed by atoms with E-state index in [1.165, 1.54) is 6.08 Å². The monoisotopic (exact) mass is 262 g/mol. The number of aliphatic hydroxyl groups is 1. The second-order valence-electron chi connectivity index (χ2n) is 5.11. The third-order valence-corrected chi connectivity index (χ3v) is 2.94. The van der Waals surface area contributed by atoms with Crippen molar-refractivity contribution in [1.29, 1.82) is 0 Å². The summed E-state index contributed by atoms with van der Waals surface area (Å²) < 4.78 is 10.5. The Kier molecular flexibility index (Phi) is 3.62. The SMILES string of the molecule is Cc1ccccc1C(O)CC1=CC(=O)OC(C)(C)O1. The molecule has 0 saturated carbocycles. The van der Waals surface area contributed by atoms with Gasteiger partial charge < -0.3 is 14.6 Å². The Balaban J connectivity index is 2.13. The normalized spacial score (nSPS) is 19.2. The minimum absolute atomic E-state index is 0.253. The minimum Gasteiger partial charge on any atom is -0.457 e. The number of esters is 1. The first-order valence-corrected chi connectivity index (χ1v) is 6.23. The maximum Gasteiger partial charge on any atom is 0.337 e. The first kappa shape index (κ1) is 13.6. The van der Waals surface area contributed by atoms with Crippen molar-refractivity contribution >= 4 is 5.97 Å². The lowest BCUT2D eigenvalue weighted by Crippen LogP contribution is -2.34. The smallest absolute Gasteiger partial charge is 0.337 e. The van der Waals surface area contributed by atoms with Gasteiger partial charge in [-0.25, -0.2) is 4.79 Å². The van der Waals surface area contributed by atoms with Gasteiger partial charge in [0.25, 0.3) is 0 Å². The summed E-state index contributed by atoms with van der Waals surface area (Å²) in [6.45, 7) is 5.27. The first-order valence-electron chi connectivity index (χ1n) is 6.23. The van der Waals surface area contributed by atoms with Gasteiger partial charge in [0.15, 0.2) is 0 Å². The topological polar surface area (TPSA) is 55.8 Å². The number of hydrogen-bond acceptors (Lipinski definition) is 4. The summed E-state index contributed by atoms with van der Waals surface area (Å²) in [5.41, 5.74) is 1.84. The molecule has 0 spiro atoms. The van der Waals surface area contributed by atoms with Crippen molar-refractivity contribution in [3.05, 3.63) is 47.2 Å². The van der Waals surface area contributed by atoms with E-state index in [0.717, 1.165) is 11.1 Å². The van der Waals surface area contributed by atoms with Crippen molar-refractivity contribution in [2.75, 3.05) is 0 Å². The zero-order chi connectivity index (χ0) is 14.0. The molecule has 1 aromatic carbocycles. The molecule has 1 N–H and O–H groups in total. The molecule has 102 valence electrons. The van der Waals surface area contributed by atoms with Crippen LogP contribution in [0, 0.1) is 6.92 Å². The quantitative estimate of drug-likeness (QED) is 0.851. The van der Waals surface area contributed by atoms with E-state index in [1.54, 1.807) is 13.8 Å². The van der Waals surface area contributed by atoms with Gasteiger partial charge in [0, 0.05) is 20.3 Å². The van der Waals surface area contributed by atoms with Crippen LogP contribution in [-0.2, 0) is 14.3 Å². The molecular weight excluding hydrogens is 244 g/mol. The minimum atomic E-state index is -0.980. The fourth-order valence-corrected chi connectivity index (χ4v) is 2.13. The highest BCUT2D eigenvalue weighted by molar-refractivity contribution is 5.83. The van der Waals surface area contributed by atoms with Crippen molar-refractivity contribution < 1.29 is 19.4 Å². The maximum atomic E-state index is 11.4.